The maximum atomic E-state index is 10.7. The lowest BCUT2D eigenvalue weighted by Crippen LogP contribution is -2.38. The zero-order valence-electron chi connectivity index (χ0n) is 6.41. The van der Waals surface area contributed by atoms with Gasteiger partial charge in [-0.15, -0.1) is 0 Å². The van der Waals surface area contributed by atoms with E-state index in [1.54, 1.807) is 12.5 Å². The van der Waals surface area contributed by atoms with Gasteiger partial charge in [-0.25, -0.2) is 4.98 Å². The van der Waals surface area contributed by atoms with Gasteiger partial charge in [0, 0.05) is 12.7 Å². The van der Waals surface area contributed by atoms with Crippen molar-refractivity contribution in [3.05, 3.63) is 18.2 Å². The molecule has 12 heavy (non-hydrogen) atoms. The molecular weight excluding hydrogens is 158 g/mol. The molecule has 0 saturated carbocycles. The fraction of sp³-hybridized carbons (Fsp3) is 0.429. The van der Waals surface area contributed by atoms with Crippen LogP contribution in [-0.2, 0) is 9.53 Å². The molecule has 1 aromatic heterocycles. The summed E-state index contributed by atoms with van der Waals surface area (Å²) < 4.78 is 5.24. The van der Waals surface area contributed by atoms with Crippen LogP contribution in [0.15, 0.2) is 12.5 Å². The van der Waals surface area contributed by atoms with Gasteiger partial charge in [0.2, 0.25) is 5.91 Å². The van der Waals surface area contributed by atoms with Crippen molar-refractivity contribution < 1.29 is 9.53 Å². The van der Waals surface area contributed by atoms with Gasteiger partial charge in [-0.2, -0.15) is 0 Å². The molecule has 64 valence electrons. The van der Waals surface area contributed by atoms with Crippen molar-refractivity contribution in [1.29, 1.82) is 0 Å². The Morgan fingerprint density at radius 1 is 1.67 bits per heavy atom. The second-order valence-electron chi connectivity index (χ2n) is 2.60. The smallest absolute Gasteiger partial charge is 0.246 e. The summed E-state index contributed by atoms with van der Waals surface area (Å²) in [6, 6.07) is 0. The number of nitrogens with one attached hydrogen (secondary N) is 2. The van der Waals surface area contributed by atoms with E-state index >= 15 is 0 Å². The largest absolute Gasteiger partial charge is 0.360 e. The SMILES string of the molecule is O=C1COC(c2c[nH]cn2)CN1. The molecule has 0 radical (unpaired) electrons. The van der Waals surface area contributed by atoms with Gasteiger partial charge >= 0.3 is 0 Å². The molecule has 0 aromatic carbocycles. The number of H-pyrrole nitrogens is 1. The minimum Gasteiger partial charge on any atom is -0.360 e. The third-order valence-corrected chi connectivity index (χ3v) is 1.75. The van der Waals surface area contributed by atoms with Gasteiger partial charge in [0.15, 0.2) is 0 Å². The van der Waals surface area contributed by atoms with E-state index in [1.807, 2.05) is 0 Å². The number of carbonyl (C=O) groups excluding carboxylic acids is 1. The van der Waals surface area contributed by atoms with E-state index < -0.39 is 0 Å². The van der Waals surface area contributed by atoms with Crippen LogP contribution in [0.25, 0.3) is 0 Å². The minimum atomic E-state index is -0.103. The molecule has 5 heteroatoms. The van der Waals surface area contributed by atoms with E-state index in [-0.39, 0.29) is 18.6 Å². The zero-order valence-corrected chi connectivity index (χ0v) is 6.41. The molecule has 1 unspecified atom stereocenters. The Labute approximate surface area is 69.1 Å². The van der Waals surface area contributed by atoms with Gasteiger partial charge in [-0.3, -0.25) is 4.79 Å². The van der Waals surface area contributed by atoms with E-state index in [9.17, 15) is 4.79 Å². The maximum Gasteiger partial charge on any atom is 0.246 e. The van der Waals surface area contributed by atoms with Gasteiger partial charge in [-0.05, 0) is 0 Å². The van der Waals surface area contributed by atoms with Crippen LogP contribution in [-0.4, -0.2) is 29.0 Å². The molecule has 5 nitrogen and oxygen atoms in total. The normalized spacial score (nSPS) is 23.7. The highest BCUT2D eigenvalue weighted by Gasteiger charge is 2.20. The highest BCUT2D eigenvalue weighted by Crippen LogP contribution is 2.14. The molecule has 1 fully saturated rings. The number of rotatable bonds is 1. The average Bonchev–Trinajstić information content (AvgIpc) is 2.58. The fourth-order valence-electron chi connectivity index (χ4n) is 1.13. The average molecular weight is 167 g/mol. The molecule has 2 N–H and O–H groups in total. The number of aromatic amines is 1. The van der Waals surface area contributed by atoms with E-state index in [0.29, 0.717) is 6.54 Å². The number of hydrogen-bond donors (Lipinski definition) is 2. The van der Waals surface area contributed by atoms with Crippen LogP contribution in [0.5, 0.6) is 0 Å². The Hall–Kier alpha value is -1.36. The van der Waals surface area contributed by atoms with Crippen molar-refractivity contribution in [3.8, 4) is 0 Å². The summed E-state index contributed by atoms with van der Waals surface area (Å²) in [6.45, 7) is 0.626. The van der Waals surface area contributed by atoms with Crippen molar-refractivity contribution in [1.82, 2.24) is 15.3 Å². The molecule has 1 atom stereocenters. The first-order valence-corrected chi connectivity index (χ1v) is 3.73. The Morgan fingerprint density at radius 3 is 3.17 bits per heavy atom. The van der Waals surface area contributed by atoms with Gasteiger partial charge in [-0.1, -0.05) is 0 Å². The Balaban J connectivity index is 2.03. The predicted octanol–water partition coefficient (Wildman–Crippen LogP) is -0.403. The lowest BCUT2D eigenvalue weighted by atomic mass is 10.2. The predicted molar refractivity (Wildman–Crippen MR) is 40.3 cm³/mol. The Kier molecular flexibility index (Phi) is 1.79. The standard InChI is InChI=1S/C7H9N3O2/c11-7-3-12-6(2-9-7)5-1-8-4-10-5/h1,4,6H,2-3H2,(H,8,10)(H,9,11). The van der Waals surface area contributed by atoms with Crippen LogP contribution in [0.4, 0.5) is 0 Å². The maximum absolute atomic E-state index is 10.7. The summed E-state index contributed by atoms with van der Waals surface area (Å²) in [5, 5.41) is 2.70. The lowest BCUT2D eigenvalue weighted by Gasteiger charge is -2.21. The van der Waals surface area contributed by atoms with E-state index in [2.05, 4.69) is 15.3 Å². The van der Waals surface area contributed by atoms with Gasteiger partial charge < -0.3 is 15.0 Å². The first kappa shape index (κ1) is 7.30. The third-order valence-electron chi connectivity index (χ3n) is 1.75. The fourth-order valence-corrected chi connectivity index (χ4v) is 1.13. The highest BCUT2D eigenvalue weighted by molar-refractivity contribution is 5.77. The van der Waals surface area contributed by atoms with Crippen LogP contribution in [0.2, 0.25) is 0 Å². The Bertz CT molecular complexity index is 260. The molecule has 1 saturated heterocycles. The lowest BCUT2D eigenvalue weighted by molar-refractivity contribution is -0.133. The molecule has 1 aliphatic rings. The number of morpholine rings is 1. The van der Waals surface area contributed by atoms with Crippen molar-refractivity contribution in [2.24, 2.45) is 0 Å². The van der Waals surface area contributed by atoms with Crippen molar-refractivity contribution >= 4 is 5.91 Å². The molecule has 2 rings (SSSR count). The molecule has 1 amide bonds. The third kappa shape index (κ3) is 1.31. The van der Waals surface area contributed by atoms with Crippen LogP contribution < -0.4 is 5.32 Å². The number of imidazole rings is 1. The zero-order chi connectivity index (χ0) is 8.39. The molecule has 2 heterocycles. The van der Waals surface area contributed by atoms with Gasteiger partial charge in [0.25, 0.3) is 0 Å². The van der Waals surface area contributed by atoms with Crippen LogP contribution >= 0.6 is 0 Å². The van der Waals surface area contributed by atoms with Crippen LogP contribution in [0.1, 0.15) is 11.8 Å². The number of carbonyl (C=O) groups is 1. The summed E-state index contributed by atoms with van der Waals surface area (Å²) in [6.07, 6.45) is 3.26. The number of aromatic nitrogens is 2. The summed E-state index contributed by atoms with van der Waals surface area (Å²) in [5.74, 6) is -0.0678. The summed E-state index contributed by atoms with van der Waals surface area (Å²) in [4.78, 5) is 17.6. The summed E-state index contributed by atoms with van der Waals surface area (Å²) in [7, 11) is 0. The van der Waals surface area contributed by atoms with Gasteiger partial charge in [0.05, 0.1) is 12.0 Å². The molecular formula is C7H9N3O2. The molecule has 0 bridgehead atoms. The quantitative estimate of drug-likeness (QED) is 0.598. The number of hydrogen-bond acceptors (Lipinski definition) is 3. The van der Waals surface area contributed by atoms with Crippen molar-refractivity contribution in [2.75, 3.05) is 13.2 Å². The second-order valence-corrected chi connectivity index (χ2v) is 2.60. The monoisotopic (exact) mass is 167 g/mol. The Morgan fingerprint density at radius 2 is 2.58 bits per heavy atom. The van der Waals surface area contributed by atoms with E-state index in [0.717, 1.165) is 5.69 Å². The topological polar surface area (TPSA) is 67.0 Å². The molecule has 0 spiro atoms. The van der Waals surface area contributed by atoms with Crippen molar-refractivity contribution in [2.45, 2.75) is 6.10 Å². The van der Waals surface area contributed by atoms with Crippen LogP contribution in [0.3, 0.4) is 0 Å². The second kappa shape index (κ2) is 2.94. The van der Waals surface area contributed by atoms with Crippen LogP contribution in [0, 0.1) is 0 Å². The van der Waals surface area contributed by atoms with E-state index in [4.69, 9.17) is 4.74 Å². The molecule has 1 aliphatic heterocycles. The highest BCUT2D eigenvalue weighted by atomic mass is 16.5. The summed E-state index contributed by atoms with van der Waals surface area (Å²) in [5.41, 5.74) is 0.829. The summed E-state index contributed by atoms with van der Waals surface area (Å²) >= 11 is 0. The first-order valence-electron chi connectivity index (χ1n) is 3.73. The minimum absolute atomic E-state index is 0.0678. The first-order chi connectivity index (χ1) is 5.86. The van der Waals surface area contributed by atoms with Crippen molar-refractivity contribution in [3.63, 3.8) is 0 Å². The number of nitrogens with zero attached hydrogens (tertiary/aromatic N) is 1. The number of ether oxygens (including phenoxy) is 1. The molecule has 0 aliphatic carbocycles. The van der Waals surface area contributed by atoms with Gasteiger partial charge in [0.1, 0.15) is 12.7 Å². The van der Waals surface area contributed by atoms with E-state index in [1.165, 1.54) is 0 Å². The number of amides is 1. The molecule has 1 aromatic rings.